The van der Waals surface area contributed by atoms with Crippen LogP contribution in [0.1, 0.15) is 25.2 Å². The molecule has 88 valence electrons. The summed E-state index contributed by atoms with van der Waals surface area (Å²) in [4.78, 5) is 8.63. The average Bonchev–Trinajstić information content (AvgIpc) is 2.29. The van der Waals surface area contributed by atoms with Gasteiger partial charge in [-0.15, -0.1) is 0 Å². The van der Waals surface area contributed by atoms with Gasteiger partial charge in [-0.25, -0.2) is 9.97 Å². The Morgan fingerprint density at radius 1 is 0.941 bits per heavy atom. The normalized spacial score (nSPS) is 11.5. The molecule has 0 bridgehead atoms. The van der Waals surface area contributed by atoms with E-state index in [9.17, 15) is 0 Å². The second-order valence-corrected chi connectivity index (χ2v) is 4.88. The zero-order chi connectivity index (χ0) is 12.5. The van der Waals surface area contributed by atoms with Crippen molar-refractivity contribution in [3.63, 3.8) is 0 Å². The molecule has 0 aliphatic rings. The zero-order valence-electron chi connectivity index (χ0n) is 10.4. The molecule has 0 aliphatic heterocycles. The van der Waals surface area contributed by atoms with Gasteiger partial charge in [0.2, 0.25) is 0 Å². The zero-order valence-corrected chi connectivity index (χ0v) is 10.4. The van der Waals surface area contributed by atoms with Crippen molar-refractivity contribution < 1.29 is 0 Å². The molecule has 1 aromatic heterocycles. The first-order valence-electron chi connectivity index (χ1n) is 5.65. The van der Waals surface area contributed by atoms with Crippen LogP contribution in [0.25, 0.3) is 11.1 Å². The van der Waals surface area contributed by atoms with Gasteiger partial charge in [-0.05, 0) is 26.3 Å². The summed E-state index contributed by atoms with van der Waals surface area (Å²) in [6, 6.07) is 8.30. The van der Waals surface area contributed by atoms with Crippen molar-refractivity contribution in [3.8, 4) is 11.1 Å². The summed E-state index contributed by atoms with van der Waals surface area (Å²) in [7, 11) is 0. The SMILES string of the molecule is Cc1ccc(-c2cnc(C(C)(C)N)nc2)cc1. The Bertz CT molecular complexity index is 492. The molecule has 0 fully saturated rings. The third-order valence-corrected chi connectivity index (χ3v) is 2.61. The number of hydrogen-bond acceptors (Lipinski definition) is 3. The van der Waals surface area contributed by atoms with Crippen molar-refractivity contribution in [3.05, 3.63) is 48.0 Å². The van der Waals surface area contributed by atoms with Crippen LogP contribution >= 0.6 is 0 Å². The van der Waals surface area contributed by atoms with E-state index in [4.69, 9.17) is 5.73 Å². The highest BCUT2D eigenvalue weighted by Crippen LogP contribution is 2.19. The number of aryl methyl sites for hydroxylation is 1. The quantitative estimate of drug-likeness (QED) is 0.858. The van der Waals surface area contributed by atoms with Crippen molar-refractivity contribution in [1.82, 2.24) is 9.97 Å². The Kier molecular flexibility index (Phi) is 2.94. The van der Waals surface area contributed by atoms with E-state index in [1.807, 2.05) is 26.2 Å². The summed E-state index contributed by atoms with van der Waals surface area (Å²) >= 11 is 0. The van der Waals surface area contributed by atoms with Crippen LogP contribution < -0.4 is 5.73 Å². The first kappa shape index (κ1) is 11.7. The van der Waals surface area contributed by atoms with E-state index >= 15 is 0 Å². The van der Waals surface area contributed by atoms with Crippen LogP contribution in [-0.2, 0) is 5.54 Å². The molecule has 17 heavy (non-hydrogen) atoms. The lowest BCUT2D eigenvalue weighted by molar-refractivity contribution is 0.514. The maximum absolute atomic E-state index is 5.94. The smallest absolute Gasteiger partial charge is 0.147 e. The Balaban J connectivity index is 2.33. The number of nitrogens with zero attached hydrogens (tertiary/aromatic N) is 2. The van der Waals surface area contributed by atoms with Crippen LogP contribution in [0.5, 0.6) is 0 Å². The molecular formula is C14H17N3. The predicted molar refractivity (Wildman–Crippen MR) is 69.4 cm³/mol. The van der Waals surface area contributed by atoms with Crippen LogP contribution in [0.3, 0.4) is 0 Å². The van der Waals surface area contributed by atoms with Gasteiger partial charge < -0.3 is 5.73 Å². The van der Waals surface area contributed by atoms with Crippen LogP contribution in [0.2, 0.25) is 0 Å². The molecule has 3 nitrogen and oxygen atoms in total. The molecule has 2 N–H and O–H groups in total. The molecule has 1 heterocycles. The highest BCUT2D eigenvalue weighted by atomic mass is 14.9. The van der Waals surface area contributed by atoms with Gasteiger partial charge in [-0.2, -0.15) is 0 Å². The molecule has 2 aromatic rings. The van der Waals surface area contributed by atoms with E-state index in [-0.39, 0.29) is 0 Å². The molecule has 2 rings (SSSR count). The van der Waals surface area contributed by atoms with Gasteiger partial charge in [0.1, 0.15) is 5.82 Å². The monoisotopic (exact) mass is 227 g/mol. The predicted octanol–water partition coefficient (Wildman–Crippen LogP) is 2.65. The first-order valence-corrected chi connectivity index (χ1v) is 5.65. The Hall–Kier alpha value is -1.74. The average molecular weight is 227 g/mol. The van der Waals surface area contributed by atoms with Crippen molar-refractivity contribution in [2.45, 2.75) is 26.3 Å². The molecule has 0 radical (unpaired) electrons. The van der Waals surface area contributed by atoms with Gasteiger partial charge in [0, 0.05) is 18.0 Å². The Labute approximate surface area is 102 Å². The minimum Gasteiger partial charge on any atom is -0.319 e. The van der Waals surface area contributed by atoms with Crippen LogP contribution in [0.15, 0.2) is 36.7 Å². The molecule has 0 saturated heterocycles. The van der Waals surface area contributed by atoms with Gasteiger partial charge in [-0.1, -0.05) is 29.8 Å². The van der Waals surface area contributed by atoms with E-state index < -0.39 is 5.54 Å². The fourth-order valence-electron chi connectivity index (χ4n) is 1.56. The van der Waals surface area contributed by atoms with Crippen LogP contribution in [-0.4, -0.2) is 9.97 Å². The second kappa shape index (κ2) is 4.26. The molecular weight excluding hydrogens is 210 g/mol. The minimum atomic E-state index is -0.494. The summed E-state index contributed by atoms with van der Waals surface area (Å²) in [5.41, 5.74) is 8.83. The second-order valence-electron chi connectivity index (χ2n) is 4.88. The molecule has 0 spiro atoms. The van der Waals surface area contributed by atoms with Gasteiger partial charge in [0.05, 0.1) is 5.54 Å². The summed E-state index contributed by atoms with van der Waals surface area (Å²) in [5.74, 6) is 0.661. The topological polar surface area (TPSA) is 51.8 Å². The largest absolute Gasteiger partial charge is 0.319 e. The fraction of sp³-hybridized carbons (Fsp3) is 0.286. The van der Waals surface area contributed by atoms with Gasteiger partial charge >= 0.3 is 0 Å². The van der Waals surface area contributed by atoms with E-state index in [1.165, 1.54) is 5.56 Å². The van der Waals surface area contributed by atoms with E-state index in [1.54, 1.807) is 0 Å². The van der Waals surface area contributed by atoms with Crippen LogP contribution in [0.4, 0.5) is 0 Å². The van der Waals surface area contributed by atoms with Crippen molar-refractivity contribution in [2.75, 3.05) is 0 Å². The maximum Gasteiger partial charge on any atom is 0.147 e. The van der Waals surface area contributed by atoms with E-state index in [0.717, 1.165) is 11.1 Å². The lowest BCUT2D eigenvalue weighted by Crippen LogP contribution is -2.31. The van der Waals surface area contributed by atoms with Gasteiger partial charge in [0.25, 0.3) is 0 Å². The lowest BCUT2D eigenvalue weighted by Gasteiger charge is -2.16. The number of rotatable bonds is 2. The van der Waals surface area contributed by atoms with E-state index in [2.05, 4.69) is 41.2 Å². The van der Waals surface area contributed by atoms with Gasteiger partial charge in [-0.3, -0.25) is 0 Å². The Morgan fingerprint density at radius 2 is 1.47 bits per heavy atom. The number of aromatic nitrogens is 2. The van der Waals surface area contributed by atoms with Gasteiger partial charge in [0.15, 0.2) is 0 Å². The molecule has 0 amide bonds. The summed E-state index contributed by atoms with van der Waals surface area (Å²) in [6.45, 7) is 5.86. The van der Waals surface area contributed by atoms with Crippen LogP contribution in [0, 0.1) is 6.92 Å². The highest BCUT2D eigenvalue weighted by Gasteiger charge is 2.17. The van der Waals surface area contributed by atoms with E-state index in [0.29, 0.717) is 5.82 Å². The molecule has 0 saturated carbocycles. The molecule has 1 aromatic carbocycles. The molecule has 3 heteroatoms. The number of hydrogen-bond donors (Lipinski definition) is 1. The standard InChI is InChI=1S/C14H17N3/c1-10-4-6-11(7-5-10)12-8-16-13(17-9-12)14(2,3)15/h4-9H,15H2,1-3H3. The minimum absolute atomic E-state index is 0.494. The number of nitrogens with two attached hydrogens (primary N) is 1. The number of benzene rings is 1. The first-order chi connectivity index (χ1) is 7.97. The fourth-order valence-corrected chi connectivity index (χ4v) is 1.56. The lowest BCUT2D eigenvalue weighted by atomic mass is 10.1. The summed E-state index contributed by atoms with van der Waals surface area (Å²) < 4.78 is 0. The maximum atomic E-state index is 5.94. The molecule has 0 unspecified atom stereocenters. The summed E-state index contributed by atoms with van der Waals surface area (Å²) in [5, 5.41) is 0. The van der Waals surface area contributed by atoms with Crippen molar-refractivity contribution in [2.24, 2.45) is 5.73 Å². The third-order valence-electron chi connectivity index (χ3n) is 2.61. The highest BCUT2D eigenvalue weighted by molar-refractivity contribution is 5.61. The van der Waals surface area contributed by atoms with Crippen molar-refractivity contribution in [1.29, 1.82) is 0 Å². The molecule has 0 aliphatic carbocycles. The third kappa shape index (κ3) is 2.68. The molecule has 0 atom stereocenters. The Morgan fingerprint density at radius 3 is 1.94 bits per heavy atom. The summed E-state index contributed by atoms with van der Waals surface area (Å²) in [6.07, 6.45) is 3.64. The van der Waals surface area contributed by atoms with Crippen molar-refractivity contribution >= 4 is 0 Å².